The van der Waals surface area contributed by atoms with Crippen LogP contribution in [0, 0.1) is 12.1 Å². The molecule has 0 aliphatic rings. The van der Waals surface area contributed by atoms with Crippen molar-refractivity contribution in [3.63, 3.8) is 0 Å². The average molecular weight is 371 g/mol. The number of rotatable bonds is 6. The van der Waals surface area contributed by atoms with E-state index < -0.39 is 0 Å². The van der Waals surface area contributed by atoms with Crippen molar-refractivity contribution in [3.05, 3.63) is 57.4 Å². The Bertz CT molecular complexity index is 992. The van der Waals surface area contributed by atoms with E-state index in [-0.39, 0.29) is 10.1 Å². The smallest absolute Gasteiger partial charge is 0.197 e. The van der Waals surface area contributed by atoms with Crippen LogP contribution in [-0.4, -0.2) is 37.9 Å². The molecule has 3 rings (SSSR count). The SMILES string of the molecule is CC[N+]([O-])(CC)CCN(C)c1ccc(C)c2sc3ccccc3c(=O)c12. The Hall–Kier alpha value is -1.95. The summed E-state index contributed by atoms with van der Waals surface area (Å²) in [6.45, 7) is 8.19. The largest absolute Gasteiger partial charge is 0.633 e. The van der Waals surface area contributed by atoms with E-state index >= 15 is 0 Å². The molecule has 4 nitrogen and oxygen atoms in total. The van der Waals surface area contributed by atoms with Gasteiger partial charge in [0.25, 0.3) is 0 Å². The lowest BCUT2D eigenvalue weighted by molar-refractivity contribution is -0.875. The summed E-state index contributed by atoms with van der Waals surface area (Å²) in [5, 5.41) is 14.1. The Kier molecular flexibility index (Phi) is 5.32. The van der Waals surface area contributed by atoms with Gasteiger partial charge in [0, 0.05) is 27.5 Å². The van der Waals surface area contributed by atoms with Crippen molar-refractivity contribution in [3.8, 4) is 0 Å². The number of aryl methyl sites for hydroxylation is 1. The molecule has 0 N–H and O–H groups in total. The second-order valence-corrected chi connectivity index (χ2v) is 7.92. The van der Waals surface area contributed by atoms with Crippen LogP contribution in [-0.2, 0) is 0 Å². The van der Waals surface area contributed by atoms with Crippen LogP contribution in [0.5, 0.6) is 0 Å². The molecular formula is C21H26N2O2S. The van der Waals surface area contributed by atoms with Gasteiger partial charge in [0.1, 0.15) is 0 Å². The van der Waals surface area contributed by atoms with Crippen molar-refractivity contribution in [1.29, 1.82) is 0 Å². The standard InChI is InChI=1S/C21H26N2O2S/c1-5-23(25,6-2)14-13-22(4)17-12-11-15(3)21-19(17)20(24)16-9-7-8-10-18(16)26-21/h7-12H,5-6,13-14H2,1-4H3. The van der Waals surface area contributed by atoms with Gasteiger partial charge in [0.15, 0.2) is 5.43 Å². The maximum absolute atomic E-state index is 13.2. The van der Waals surface area contributed by atoms with Crippen LogP contribution in [0.3, 0.4) is 0 Å². The lowest BCUT2D eigenvalue weighted by Gasteiger charge is -2.42. The highest BCUT2D eigenvalue weighted by atomic mass is 32.1. The first-order chi connectivity index (χ1) is 12.4. The summed E-state index contributed by atoms with van der Waals surface area (Å²) < 4.78 is 1.84. The summed E-state index contributed by atoms with van der Waals surface area (Å²) in [5.74, 6) is 0. The van der Waals surface area contributed by atoms with Crippen molar-refractivity contribution < 1.29 is 4.65 Å². The molecule has 2 aromatic carbocycles. The van der Waals surface area contributed by atoms with Crippen LogP contribution in [0.2, 0.25) is 0 Å². The zero-order chi connectivity index (χ0) is 18.9. The van der Waals surface area contributed by atoms with Gasteiger partial charge in [0.2, 0.25) is 0 Å². The quantitative estimate of drug-likeness (QED) is 0.364. The first-order valence-corrected chi connectivity index (χ1v) is 9.95. The molecule has 0 spiro atoms. The van der Waals surface area contributed by atoms with Gasteiger partial charge < -0.3 is 14.8 Å². The molecule has 0 aliphatic carbocycles. The fraction of sp³-hybridized carbons (Fsp3) is 0.381. The van der Waals surface area contributed by atoms with Crippen LogP contribution in [0.4, 0.5) is 5.69 Å². The van der Waals surface area contributed by atoms with E-state index in [0.717, 1.165) is 31.4 Å². The number of likely N-dealkylation sites (N-methyl/N-ethyl adjacent to an activating group) is 2. The molecule has 0 amide bonds. The van der Waals surface area contributed by atoms with Gasteiger partial charge >= 0.3 is 0 Å². The normalized spacial score (nSPS) is 12.0. The number of fused-ring (bicyclic) bond motifs is 2. The molecule has 1 heterocycles. The molecule has 0 saturated carbocycles. The number of hydrogen-bond acceptors (Lipinski definition) is 4. The molecule has 3 aromatic rings. The third kappa shape index (κ3) is 3.34. The van der Waals surface area contributed by atoms with Crippen LogP contribution in [0.25, 0.3) is 20.2 Å². The minimum atomic E-state index is -0.204. The van der Waals surface area contributed by atoms with Crippen molar-refractivity contribution in [2.75, 3.05) is 38.1 Å². The van der Waals surface area contributed by atoms with Crippen LogP contribution < -0.4 is 10.3 Å². The molecule has 0 radical (unpaired) electrons. The average Bonchev–Trinajstić information content (AvgIpc) is 2.67. The molecule has 5 heteroatoms. The van der Waals surface area contributed by atoms with Crippen LogP contribution in [0.15, 0.2) is 41.2 Å². The number of hydrogen-bond donors (Lipinski definition) is 0. The maximum atomic E-state index is 13.2. The second kappa shape index (κ2) is 7.35. The first-order valence-electron chi connectivity index (χ1n) is 9.13. The fourth-order valence-electron chi connectivity index (χ4n) is 3.33. The molecular weight excluding hydrogens is 344 g/mol. The Morgan fingerprint density at radius 3 is 2.50 bits per heavy atom. The lowest BCUT2D eigenvalue weighted by atomic mass is 10.1. The Morgan fingerprint density at radius 2 is 1.81 bits per heavy atom. The van der Waals surface area contributed by atoms with Gasteiger partial charge in [-0.1, -0.05) is 18.2 Å². The summed E-state index contributed by atoms with van der Waals surface area (Å²) in [6.07, 6.45) is 0. The summed E-state index contributed by atoms with van der Waals surface area (Å²) in [4.78, 5) is 15.2. The highest BCUT2D eigenvalue weighted by molar-refractivity contribution is 7.24. The van der Waals surface area contributed by atoms with E-state index in [2.05, 4.69) is 11.0 Å². The molecule has 0 bridgehead atoms. The summed E-state index contributed by atoms with van der Waals surface area (Å²) in [5.41, 5.74) is 2.10. The predicted molar refractivity (Wildman–Crippen MR) is 113 cm³/mol. The third-order valence-electron chi connectivity index (χ3n) is 5.31. The van der Waals surface area contributed by atoms with Crippen molar-refractivity contribution in [1.82, 2.24) is 0 Å². The van der Waals surface area contributed by atoms with E-state index in [1.807, 2.05) is 58.2 Å². The zero-order valence-corrected chi connectivity index (χ0v) is 16.7. The number of quaternary nitrogens is 1. The van der Waals surface area contributed by atoms with Gasteiger partial charge in [-0.25, -0.2) is 0 Å². The lowest BCUT2D eigenvalue weighted by Crippen LogP contribution is -2.46. The van der Waals surface area contributed by atoms with Gasteiger partial charge in [-0.3, -0.25) is 4.79 Å². The first kappa shape index (κ1) is 18.8. The number of anilines is 1. The summed E-state index contributed by atoms with van der Waals surface area (Å²) >= 11 is 1.66. The minimum absolute atomic E-state index is 0.0776. The number of benzene rings is 2. The zero-order valence-electron chi connectivity index (χ0n) is 15.9. The van der Waals surface area contributed by atoms with Crippen molar-refractivity contribution in [2.45, 2.75) is 20.8 Å². The molecule has 0 saturated heterocycles. The third-order valence-corrected chi connectivity index (χ3v) is 6.62. The van der Waals surface area contributed by atoms with Gasteiger partial charge in [-0.15, -0.1) is 11.3 Å². The van der Waals surface area contributed by atoms with Crippen LogP contribution in [0.1, 0.15) is 19.4 Å². The topological polar surface area (TPSA) is 43.4 Å². The molecule has 26 heavy (non-hydrogen) atoms. The van der Waals surface area contributed by atoms with Crippen LogP contribution >= 0.6 is 11.3 Å². The monoisotopic (exact) mass is 370 g/mol. The van der Waals surface area contributed by atoms with E-state index in [9.17, 15) is 10.0 Å². The van der Waals surface area contributed by atoms with E-state index in [1.54, 1.807) is 11.3 Å². The molecule has 0 unspecified atom stereocenters. The predicted octanol–water partition coefficient (Wildman–Crippen LogP) is 4.51. The van der Waals surface area contributed by atoms with E-state index in [0.29, 0.717) is 26.2 Å². The van der Waals surface area contributed by atoms with E-state index in [1.165, 1.54) is 0 Å². The van der Waals surface area contributed by atoms with Crippen molar-refractivity contribution >= 4 is 37.2 Å². The Balaban J connectivity index is 2.10. The van der Waals surface area contributed by atoms with Gasteiger partial charge in [-0.05, 0) is 44.5 Å². The van der Waals surface area contributed by atoms with Gasteiger partial charge in [-0.2, -0.15) is 0 Å². The highest BCUT2D eigenvalue weighted by Gasteiger charge is 2.17. The molecule has 138 valence electrons. The fourth-order valence-corrected chi connectivity index (χ4v) is 4.49. The minimum Gasteiger partial charge on any atom is -0.633 e. The maximum Gasteiger partial charge on any atom is 0.197 e. The highest BCUT2D eigenvalue weighted by Crippen LogP contribution is 2.33. The Labute approximate surface area is 158 Å². The molecule has 1 aromatic heterocycles. The summed E-state index contributed by atoms with van der Waals surface area (Å²) in [6, 6.07) is 11.9. The summed E-state index contributed by atoms with van der Waals surface area (Å²) in [7, 11) is 1.97. The van der Waals surface area contributed by atoms with E-state index in [4.69, 9.17) is 0 Å². The molecule has 0 fully saturated rings. The molecule has 0 atom stereocenters. The number of hydroxylamine groups is 3. The van der Waals surface area contributed by atoms with Crippen molar-refractivity contribution in [2.24, 2.45) is 0 Å². The molecule has 0 aliphatic heterocycles. The second-order valence-electron chi connectivity index (χ2n) is 6.87. The Morgan fingerprint density at radius 1 is 1.12 bits per heavy atom. The van der Waals surface area contributed by atoms with Gasteiger partial charge in [0.05, 0.1) is 31.6 Å². The number of nitrogens with zero attached hydrogens (tertiary/aromatic N) is 2.